The summed E-state index contributed by atoms with van der Waals surface area (Å²) in [6, 6.07) is 6.07. The molecule has 2 aliphatic rings. The van der Waals surface area contributed by atoms with Crippen LogP contribution in [0.2, 0.25) is 5.02 Å². The fourth-order valence-electron chi connectivity index (χ4n) is 2.45. The Bertz CT molecular complexity index is 610. The highest BCUT2D eigenvalue weighted by Gasteiger charge is 2.29. The van der Waals surface area contributed by atoms with Gasteiger partial charge in [0.25, 0.3) is 0 Å². The third-order valence-corrected chi connectivity index (χ3v) is 4.01. The molecule has 1 aliphatic carbocycles. The smallest absolute Gasteiger partial charge is 0.212 e. The number of hydrogen-bond acceptors (Lipinski definition) is 3. The molecule has 1 fully saturated rings. The van der Waals surface area contributed by atoms with Gasteiger partial charge in [-0.15, -0.1) is 0 Å². The molecule has 0 radical (unpaired) electrons. The number of ether oxygens (including phenoxy) is 1. The number of nitrogens with two attached hydrogens (primary N) is 1. The first-order chi connectivity index (χ1) is 10.1. The molecule has 6 heteroatoms. The standard InChI is InChI=1S/C15H19ClN4O/c1-9-8-20(15(17)18-10-6-7-10)19-13(9)11-4-3-5-12(16)14(11)21-2/h3-5,9-10H,6-8H2,1-2H3,(H2,17,18). The number of rotatable bonds is 3. The molecule has 112 valence electrons. The van der Waals surface area contributed by atoms with Crippen molar-refractivity contribution in [3.63, 3.8) is 0 Å². The lowest BCUT2D eigenvalue weighted by atomic mass is 9.98. The summed E-state index contributed by atoms with van der Waals surface area (Å²) >= 11 is 6.19. The third-order valence-electron chi connectivity index (χ3n) is 3.72. The van der Waals surface area contributed by atoms with E-state index in [0.29, 0.717) is 22.8 Å². The second kappa shape index (κ2) is 5.56. The minimum Gasteiger partial charge on any atom is -0.494 e. The van der Waals surface area contributed by atoms with Crippen molar-refractivity contribution in [1.82, 2.24) is 5.01 Å². The van der Waals surface area contributed by atoms with Gasteiger partial charge in [-0.25, -0.2) is 10.0 Å². The molecule has 5 nitrogen and oxygen atoms in total. The summed E-state index contributed by atoms with van der Waals surface area (Å²) in [6.07, 6.45) is 2.26. The summed E-state index contributed by atoms with van der Waals surface area (Å²) in [5, 5.41) is 6.99. The molecule has 1 aromatic carbocycles. The number of methoxy groups -OCH3 is 1. The molecular weight excluding hydrogens is 288 g/mol. The Kier molecular flexibility index (Phi) is 3.76. The van der Waals surface area contributed by atoms with Crippen molar-refractivity contribution >= 4 is 23.3 Å². The van der Waals surface area contributed by atoms with Crippen LogP contribution in [0.4, 0.5) is 0 Å². The molecule has 21 heavy (non-hydrogen) atoms. The summed E-state index contributed by atoms with van der Waals surface area (Å²) in [6.45, 7) is 2.84. The van der Waals surface area contributed by atoms with E-state index in [-0.39, 0.29) is 5.92 Å². The number of guanidine groups is 1. The number of halogens is 1. The van der Waals surface area contributed by atoms with E-state index in [1.165, 1.54) is 0 Å². The van der Waals surface area contributed by atoms with Gasteiger partial charge in [0.05, 0.1) is 30.4 Å². The summed E-state index contributed by atoms with van der Waals surface area (Å²) < 4.78 is 5.41. The van der Waals surface area contributed by atoms with Gasteiger partial charge in [-0.3, -0.25) is 0 Å². The number of aliphatic imine (C=N–C) groups is 1. The van der Waals surface area contributed by atoms with Gasteiger partial charge in [0, 0.05) is 11.5 Å². The Morgan fingerprint density at radius 2 is 2.24 bits per heavy atom. The second-order valence-corrected chi connectivity index (χ2v) is 5.91. The lowest BCUT2D eigenvalue weighted by Gasteiger charge is -2.12. The van der Waals surface area contributed by atoms with E-state index < -0.39 is 0 Å². The fraction of sp³-hybridized carbons (Fsp3) is 0.467. The largest absolute Gasteiger partial charge is 0.494 e. The molecule has 0 saturated heterocycles. The summed E-state index contributed by atoms with van der Waals surface area (Å²) in [5.41, 5.74) is 7.88. The zero-order valence-corrected chi connectivity index (χ0v) is 13.0. The van der Waals surface area contributed by atoms with Gasteiger partial charge in [-0.2, -0.15) is 5.10 Å². The lowest BCUT2D eigenvalue weighted by molar-refractivity contribution is 0.414. The highest BCUT2D eigenvalue weighted by Crippen LogP contribution is 2.32. The van der Waals surface area contributed by atoms with Crippen molar-refractivity contribution in [2.45, 2.75) is 25.8 Å². The fourth-order valence-corrected chi connectivity index (χ4v) is 2.71. The molecule has 1 saturated carbocycles. The minimum absolute atomic E-state index is 0.241. The molecule has 0 spiro atoms. The molecule has 2 N–H and O–H groups in total. The Hall–Kier alpha value is -1.75. The number of hydrogen-bond donors (Lipinski definition) is 1. The topological polar surface area (TPSA) is 63.2 Å². The summed E-state index contributed by atoms with van der Waals surface area (Å²) in [5.74, 6) is 1.40. The molecule has 1 heterocycles. The molecule has 0 bridgehead atoms. The van der Waals surface area contributed by atoms with E-state index in [1.54, 1.807) is 12.1 Å². The van der Waals surface area contributed by atoms with E-state index in [1.807, 2.05) is 18.2 Å². The van der Waals surface area contributed by atoms with Crippen molar-refractivity contribution in [2.75, 3.05) is 13.7 Å². The van der Waals surface area contributed by atoms with Gasteiger partial charge in [-0.05, 0) is 25.0 Å². The van der Waals surface area contributed by atoms with E-state index in [9.17, 15) is 0 Å². The van der Waals surface area contributed by atoms with Gasteiger partial charge in [0.1, 0.15) is 5.75 Å². The highest BCUT2D eigenvalue weighted by molar-refractivity contribution is 6.32. The van der Waals surface area contributed by atoms with Crippen molar-refractivity contribution in [3.05, 3.63) is 28.8 Å². The predicted octanol–water partition coefficient (Wildman–Crippen LogP) is 2.48. The Balaban J connectivity index is 1.92. The average molecular weight is 307 g/mol. The van der Waals surface area contributed by atoms with Crippen LogP contribution in [0.15, 0.2) is 28.3 Å². The van der Waals surface area contributed by atoms with E-state index in [2.05, 4.69) is 17.0 Å². The minimum atomic E-state index is 0.241. The molecule has 1 aliphatic heterocycles. The number of para-hydroxylation sites is 1. The zero-order valence-electron chi connectivity index (χ0n) is 12.2. The molecular formula is C15H19ClN4O. The van der Waals surface area contributed by atoms with Crippen molar-refractivity contribution in [1.29, 1.82) is 0 Å². The Morgan fingerprint density at radius 1 is 1.48 bits per heavy atom. The van der Waals surface area contributed by atoms with Crippen LogP contribution >= 0.6 is 11.6 Å². The van der Waals surface area contributed by atoms with Crippen molar-refractivity contribution in [3.8, 4) is 5.75 Å². The van der Waals surface area contributed by atoms with Gasteiger partial charge in [0.2, 0.25) is 5.96 Å². The van der Waals surface area contributed by atoms with Crippen LogP contribution in [0.1, 0.15) is 25.3 Å². The molecule has 0 aromatic heterocycles. The maximum atomic E-state index is 6.19. The second-order valence-electron chi connectivity index (χ2n) is 5.51. The zero-order chi connectivity index (χ0) is 15.0. The van der Waals surface area contributed by atoms with E-state index in [0.717, 1.165) is 30.7 Å². The molecule has 3 rings (SSSR count). The third kappa shape index (κ3) is 2.83. The Labute approximate surface area is 129 Å². The highest BCUT2D eigenvalue weighted by atomic mass is 35.5. The first kappa shape index (κ1) is 14.2. The van der Waals surface area contributed by atoms with Gasteiger partial charge < -0.3 is 10.5 Å². The van der Waals surface area contributed by atoms with Crippen molar-refractivity contribution < 1.29 is 4.74 Å². The van der Waals surface area contributed by atoms with E-state index in [4.69, 9.17) is 22.1 Å². The van der Waals surface area contributed by atoms with Gasteiger partial charge >= 0.3 is 0 Å². The quantitative estimate of drug-likeness (QED) is 0.689. The molecule has 1 atom stereocenters. The van der Waals surface area contributed by atoms with Gasteiger partial charge in [-0.1, -0.05) is 24.6 Å². The SMILES string of the molecule is COc1c(Cl)cccc1C1=NN(C(N)=NC2CC2)CC1C. The van der Waals surface area contributed by atoms with Crippen molar-refractivity contribution in [2.24, 2.45) is 21.7 Å². The van der Waals surface area contributed by atoms with Crippen LogP contribution in [0.25, 0.3) is 0 Å². The Morgan fingerprint density at radius 3 is 2.90 bits per heavy atom. The number of nitrogens with zero attached hydrogens (tertiary/aromatic N) is 3. The number of hydrazone groups is 1. The van der Waals surface area contributed by atoms with Gasteiger partial charge in [0.15, 0.2) is 0 Å². The van der Waals surface area contributed by atoms with E-state index >= 15 is 0 Å². The first-order valence-corrected chi connectivity index (χ1v) is 7.50. The monoisotopic (exact) mass is 306 g/mol. The maximum Gasteiger partial charge on any atom is 0.212 e. The molecule has 1 aromatic rings. The number of benzene rings is 1. The van der Waals surface area contributed by atoms with Crippen LogP contribution in [0.5, 0.6) is 5.75 Å². The molecule has 1 unspecified atom stereocenters. The normalized spacial score (nSPS) is 22.4. The van der Waals surface area contributed by atoms with Crippen LogP contribution in [-0.4, -0.2) is 36.4 Å². The lowest BCUT2D eigenvalue weighted by Crippen LogP contribution is -2.33. The van der Waals surface area contributed by atoms with Crippen LogP contribution in [-0.2, 0) is 0 Å². The maximum absolute atomic E-state index is 6.19. The average Bonchev–Trinajstić information content (AvgIpc) is 3.18. The first-order valence-electron chi connectivity index (χ1n) is 7.12. The van der Waals surface area contributed by atoms with Crippen LogP contribution in [0, 0.1) is 5.92 Å². The summed E-state index contributed by atoms with van der Waals surface area (Å²) in [7, 11) is 1.62. The molecule has 0 amide bonds. The summed E-state index contributed by atoms with van der Waals surface area (Å²) in [4.78, 5) is 4.45. The van der Waals surface area contributed by atoms with Crippen LogP contribution < -0.4 is 10.5 Å². The predicted molar refractivity (Wildman–Crippen MR) is 85.1 cm³/mol. The van der Waals surface area contributed by atoms with Crippen LogP contribution in [0.3, 0.4) is 0 Å².